The molecule has 172 valence electrons. The van der Waals surface area contributed by atoms with Gasteiger partial charge in [-0.1, -0.05) is 30.3 Å². The number of aliphatic hydroxyl groups is 1. The van der Waals surface area contributed by atoms with Crippen LogP contribution in [0.2, 0.25) is 0 Å². The maximum Gasteiger partial charge on any atom is 0.306 e. The fourth-order valence-corrected chi connectivity index (χ4v) is 4.65. The molecule has 4 rings (SSSR count). The molecule has 1 saturated carbocycles. The van der Waals surface area contributed by atoms with Crippen molar-refractivity contribution >= 4 is 17.6 Å². The van der Waals surface area contributed by atoms with Gasteiger partial charge in [-0.05, 0) is 92.3 Å². The lowest BCUT2D eigenvalue weighted by Crippen LogP contribution is -2.29. The van der Waals surface area contributed by atoms with Crippen molar-refractivity contribution in [3.63, 3.8) is 0 Å². The summed E-state index contributed by atoms with van der Waals surface area (Å²) in [7, 11) is 0. The minimum atomic E-state index is -0.709. The van der Waals surface area contributed by atoms with Crippen molar-refractivity contribution in [2.24, 2.45) is 11.8 Å². The number of aromatic nitrogens is 2. The van der Waals surface area contributed by atoms with E-state index in [0.29, 0.717) is 25.2 Å². The van der Waals surface area contributed by atoms with E-state index in [0.717, 1.165) is 46.5 Å². The van der Waals surface area contributed by atoms with Crippen LogP contribution in [0.4, 0.5) is 11.6 Å². The van der Waals surface area contributed by atoms with Crippen molar-refractivity contribution in [3.05, 3.63) is 71.5 Å². The summed E-state index contributed by atoms with van der Waals surface area (Å²) in [6.07, 6.45) is 4.77. The van der Waals surface area contributed by atoms with Crippen LogP contribution in [0.15, 0.2) is 54.7 Å². The predicted octanol–water partition coefficient (Wildman–Crippen LogP) is 5.30. The molecule has 1 aliphatic carbocycles. The Labute approximate surface area is 194 Å². The highest BCUT2D eigenvalue weighted by molar-refractivity contribution is 5.71. The number of aliphatic carboxylic acids is 1. The number of benzene rings is 2. The first-order chi connectivity index (χ1) is 15.9. The fourth-order valence-electron chi connectivity index (χ4n) is 4.65. The monoisotopic (exact) mass is 445 g/mol. The second kappa shape index (κ2) is 10.1. The van der Waals surface area contributed by atoms with E-state index in [9.17, 15) is 9.90 Å². The summed E-state index contributed by atoms with van der Waals surface area (Å²) in [5.74, 6) is -0.207. The number of hydrogen-bond acceptors (Lipinski definition) is 5. The third kappa shape index (κ3) is 5.96. The average molecular weight is 446 g/mol. The molecule has 1 aliphatic rings. The first-order valence-electron chi connectivity index (χ1n) is 11.6. The molecule has 6 heteroatoms. The van der Waals surface area contributed by atoms with E-state index in [1.54, 1.807) is 6.20 Å². The number of aryl methyl sites for hydroxylation is 2. The van der Waals surface area contributed by atoms with E-state index in [4.69, 9.17) is 5.11 Å². The number of nitrogens with one attached hydrogen (secondary N) is 1. The van der Waals surface area contributed by atoms with Crippen LogP contribution < -0.4 is 5.32 Å². The van der Waals surface area contributed by atoms with E-state index in [-0.39, 0.29) is 11.8 Å². The van der Waals surface area contributed by atoms with E-state index >= 15 is 0 Å². The number of rotatable bonds is 7. The van der Waals surface area contributed by atoms with Gasteiger partial charge < -0.3 is 15.5 Å². The van der Waals surface area contributed by atoms with E-state index in [2.05, 4.69) is 64.7 Å². The Morgan fingerprint density at radius 3 is 2.42 bits per heavy atom. The van der Waals surface area contributed by atoms with Gasteiger partial charge in [0.15, 0.2) is 0 Å². The topological polar surface area (TPSA) is 95.3 Å². The molecule has 1 heterocycles. The van der Waals surface area contributed by atoms with Gasteiger partial charge in [-0.3, -0.25) is 4.79 Å². The molecule has 1 unspecified atom stereocenters. The Kier molecular flexibility index (Phi) is 7.04. The predicted molar refractivity (Wildman–Crippen MR) is 129 cm³/mol. The molecule has 0 radical (unpaired) electrons. The van der Waals surface area contributed by atoms with Gasteiger partial charge in [-0.25, -0.2) is 9.97 Å². The summed E-state index contributed by atoms with van der Waals surface area (Å²) in [4.78, 5) is 19.8. The highest BCUT2D eigenvalue weighted by atomic mass is 16.4. The molecule has 3 N–H and O–H groups in total. The van der Waals surface area contributed by atoms with Crippen molar-refractivity contribution in [2.45, 2.75) is 52.1 Å². The van der Waals surface area contributed by atoms with Gasteiger partial charge in [0.1, 0.15) is 0 Å². The molecule has 0 amide bonds. The SMILES string of the molecule is Cc1cc(Nc2nccc(C)n2)cc(-c2ccc(CC(O)[C@H]3CC[C@H](C(=O)O)CC3)cc2)c1. The molecular formula is C27H31N3O3. The number of carbonyl (C=O) groups is 1. The van der Waals surface area contributed by atoms with Crippen LogP contribution in [0.25, 0.3) is 11.1 Å². The molecule has 6 nitrogen and oxygen atoms in total. The summed E-state index contributed by atoms with van der Waals surface area (Å²) in [6.45, 7) is 4.00. The number of anilines is 2. The van der Waals surface area contributed by atoms with Crippen LogP contribution in [0.1, 0.15) is 42.5 Å². The molecule has 1 atom stereocenters. The quantitative estimate of drug-likeness (QED) is 0.457. The molecule has 0 spiro atoms. The van der Waals surface area contributed by atoms with Crippen molar-refractivity contribution in [2.75, 3.05) is 5.32 Å². The third-order valence-corrected chi connectivity index (χ3v) is 6.53. The van der Waals surface area contributed by atoms with Crippen LogP contribution in [0.3, 0.4) is 0 Å². The summed E-state index contributed by atoms with van der Waals surface area (Å²) in [6, 6.07) is 16.5. The van der Waals surface area contributed by atoms with Crippen LogP contribution >= 0.6 is 0 Å². The second-order valence-electron chi connectivity index (χ2n) is 9.15. The Hall–Kier alpha value is -3.25. The number of nitrogens with zero attached hydrogens (tertiary/aromatic N) is 2. The molecule has 1 aromatic heterocycles. The first-order valence-corrected chi connectivity index (χ1v) is 11.6. The van der Waals surface area contributed by atoms with Crippen molar-refractivity contribution in [1.82, 2.24) is 9.97 Å². The van der Waals surface area contributed by atoms with E-state index in [1.807, 2.05) is 13.0 Å². The van der Waals surface area contributed by atoms with Crippen LogP contribution in [0, 0.1) is 25.7 Å². The lowest BCUT2D eigenvalue weighted by atomic mass is 9.78. The van der Waals surface area contributed by atoms with Crippen LogP contribution in [-0.2, 0) is 11.2 Å². The number of carboxylic acid groups (broad SMARTS) is 1. The zero-order valence-corrected chi connectivity index (χ0v) is 19.2. The molecule has 0 aliphatic heterocycles. The van der Waals surface area contributed by atoms with E-state index < -0.39 is 12.1 Å². The standard InChI is InChI=1S/C27H31N3O3/c1-17-13-23(16-24(14-17)30-27-28-12-11-18(2)29-27)20-5-3-19(4-6-20)15-25(31)21-7-9-22(10-8-21)26(32)33/h3-6,11-14,16,21-22,25,31H,7-10,15H2,1-2H3,(H,32,33)(H,28,29,30)/t21-,22-,25?. The zero-order valence-electron chi connectivity index (χ0n) is 19.2. The highest BCUT2D eigenvalue weighted by Crippen LogP contribution is 2.32. The van der Waals surface area contributed by atoms with Crippen LogP contribution in [0.5, 0.6) is 0 Å². The largest absolute Gasteiger partial charge is 0.481 e. The third-order valence-electron chi connectivity index (χ3n) is 6.53. The summed E-state index contributed by atoms with van der Waals surface area (Å²) in [5, 5.41) is 23.2. The molecule has 3 aromatic rings. The minimum Gasteiger partial charge on any atom is -0.481 e. The number of carboxylic acids is 1. The van der Waals surface area contributed by atoms with Crippen LogP contribution in [-0.4, -0.2) is 32.3 Å². The Morgan fingerprint density at radius 1 is 1.03 bits per heavy atom. The normalized spacial score (nSPS) is 19.1. The molecule has 0 bridgehead atoms. The van der Waals surface area contributed by atoms with Gasteiger partial charge >= 0.3 is 5.97 Å². The first kappa shape index (κ1) is 22.9. The Balaban J connectivity index is 1.41. The molecular weight excluding hydrogens is 414 g/mol. The lowest BCUT2D eigenvalue weighted by molar-refractivity contribution is -0.143. The molecule has 2 aromatic carbocycles. The lowest BCUT2D eigenvalue weighted by Gasteiger charge is -2.29. The fraction of sp³-hybridized carbons (Fsp3) is 0.370. The maximum atomic E-state index is 11.1. The Bertz CT molecular complexity index is 1110. The second-order valence-corrected chi connectivity index (χ2v) is 9.15. The summed E-state index contributed by atoms with van der Waals surface area (Å²) >= 11 is 0. The van der Waals surface area contributed by atoms with Crippen molar-refractivity contribution in [1.29, 1.82) is 0 Å². The van der Waals surface area contributed by atoms with Gasteiger partial charge in [0.05, 0.1) is 12.0 Å². The Morgan fingerprint density at radius 2 is 1.76 bits per heavy atom. The van der Waals surface area contributed by atoms with Crippen molar-refractivity contribution in [3.8, 4) is 11.1 Å². The van der Waals surface area contributed by atoms with Gasteiger partial charge in [-0.15, -0.1) is 0 Å². The maximum absolute atomic E-state index is 11.1. The van der Waals surface area contributed by atoms with Gasteiger partial charge in [0, 0.05) is 17.6 Å². The van der Waals surface area contributed by atoms with Crippen molar-refractivity contribution < 1.29 is 15.0 Å². The minimum absolute atomic E-state index is 0.175. The van der Waals surface area contributed by atoms with Gasteiger partial charge in [-0.2, -0.15) is 0 Å². The van der Waals surface area contributed by atoms with Gasteiger partial charge in [0.25, 0.3) is 0 Å². The number of hydrogen-bond donors (Lipinski definition) is 3. The smallest absolute Gasteiger partial charge is 0.306 e. The summed E-state index contributed by atoms with van der Waals surface area (Å²) < 4.78 is 0. The highest BCUT2D eigenvalue weighted by Gasteiger charge is 2.29. The number of aliphatic hydroxyl groups excluding tert-OH is 1. The molecule has 0 saturated heterocycles. The average Bonchev–Trinajstić information content (AvgIpc) is 2.79. The molecule has 1 fully saturated rings. The summed E-state index contributed by atoms with van der Waals surface area (Å²) in [5.41, 5.74) is 6.28. The zero-order chi connectivity index (χ0) is 23.4. The van der Waals surface area contributed by atoms with Gasteiger partial charge in [0.2, 0.25) is 5.95 Å². The van der Waals surface area contributed by atoms with E-state index in [1.165, 1.54) is 0 Å². The molecule has 33 heavy (non-hydrogen) atoms.